The van der Waals surface area contributed by atoms with E-state index in [1.165, 1.54) is 5.56 Å². The van der Waals surface area contributed by atoms with Crippen LogP contribution in [0.3, 0.4) is 0 Å². The summed E-state index contributed by atoms with van der Waals surface area (Å²) in [6.45, 7) is 2.87. The summed E-state index contributed by atoms with van der Waals surface area (Å²) in [5.41, 5.74) is 4.85. The van der Waals surface area contributed by atoms with Gasteiger partial charge in [0.1, 0.15) is 11.3 Å². The third-order valence-electron chi connectivity index (χ3n) is 4.84. The molecule has 6 heteroatoms. The van der Waals surface area contributed by atoms with Gasteiger partial charge in [-0.1, -0.05) is 65.8 Å². The van der Waals surface area contributed by atoms with Crippen LogP contribution in [0.25, 0.3) is 22.1 Å². The average molecular weight is 420 g/mol. The fraction of sp³-hybridized carbons (Fsp3) is 0.130. The normalized spacial score (nSPS) is 12.6. The molecule has 0 aliphatic heterocycles. The van der Waals surface area contributed by atoms with E-state index in [0.717, 1.165) is 34.5 Å². The highest BCUT2D eigenvalue weighted by Crippen LogP contribution is 2.37. The van der Waals surface area contributed by atoms with Crippen molar-refractivity contribution in [3.63, 3.8) is 0 Å². The van der Waals surface area contributed by atoms with Crippen LogP contribution in [-0.4, -0.2) is 14.5 Å². The lowest BCUT2D eigenvalue weighted by molar-refractivity contribution is 0.488. The minimum atomic E-state index is 0.0537. The molecule has 0 radical (unpaired) electrons. The van der Waals surface area contributed by atoms with Crippen molar-refractivity contribution >= 4 is 45.5 Å². The van der Waals surface area contributed by atoms with Gasteiger partial charge in [-0.15, -0.1) is 0 Å². The molecule has 1 atom stereocenters. The van der Waals surface area contributed by atoms with Crippen LogP contribution in [0.15, 0.2) is 82.4 Å². The second-order valence-corrected chi connectivity index (χ2v) is 8.61. The van der Waals surface area contributed by atoms with Gasteiger partial charge in [-0.3, -0.25) is 0 Å². The minimum absolute atomic E-state index is 0.0537. The molecule has 0 fully saturated rings. The summed E-state index contributed by atoms with van der Waals surface area (Å²) in [5, 5.41) is 1.39. The van der Waals surface area contributed by atoms with Crippen molar-refractivity contribution in [2.24, 2.45) is 0 Å². The Bertz CT molecular complexity index is 1260. The van der Waals surface area contributed by atoms with E-state index in [-0.39, 0.29) is 5.25 Å². The van der Waals surface area contributed by atoms with Gasteiger partial charge in [0.2, 0.25) is 0 Å². The number of para-hydroxylation sites is 2. The summed E-state index contributed by atoms with van der Waals surface area (Å²) in [5.74, 6) is 0.971. The van der Waals surface area contributed by atoms with Gasteiger partial charge in [-0.25, -0.2) is 9.97 Å². The molecule has 1 unspecified atom stereocenters. The largest absolute Gasteiger partial charge is 0.431 e. The van der Waals surface area contributed by atoms with Gasteiger partial charge < -0.3 is 8.98 Å². The lowest BCUT2D eigenvalue weighted by Gasteiger charge is -2.13. The molecule has 0 aliphatic carbocycles. The van der Waals surface area contributed by atoms with Gasteiger partial charge in [-0.2, -0.15) is 0 Å². The van der Waals surface area contributed by atoms with Gasteiger partial charge >= 0.3 is 0 Å². The van der Waals surface area contributed by atoms with Crippen molar-refractivity contribution in [1.29, 1.82) is 0 Å². The third-order valence-corrected chi connectivity index (χ3v) is 6.01. The lowest BCUT2D eigenvalue weighted by atomic mass is 10.2. The highest BCUT2D eigenvalue weighted by molar-refractivity contribution is 7.99. The van der Waals surface area contributed by atoms with Crippen LogP contribution in [0, 0.1) is 0 Å². The summed E-state index contributed by atoms with van der Waals surface area (Å²) >= 11 is 7.79. The molecule has 0 N–H and O–H groups in total. The number of fused-ring (bicyclic) bond motifs is 2. The Morgan fingerprint density at radius 2 is 1.76 bits per heavy atom. The van der Waals surface area contributed by atoms with Crippen molar-refractivity contribution in [2.75, 3.05) is 0 Å². The first kappa shape index (κ1) is 18.3. The summed E-state index contributed by atoms with van der Waals surface area (Å²) < 4.78 is 8.16. The molecule has 4 nitrogen and oxygen atoms in total. The van der Waals surface area contributed by atoms with E-state index in [2.05, 4.69) is 40.7 Å². The lowest BCUT2D eigenvalue weighted by Crippen LogP contribution is -2.06. The van der Waals surface area contributed by atoms with Crippen LogP contribution in [0.2, 0.25) is 5.02 Å². The van der Waals surface area contributed by atoms with E-state index in [1.54, 1.807) is 11.8 Å². The Hall–Kier alpha value is -2.76. The molecule has 0 spiro atoms. The van der Waals surface area contributed by atoms with Crippen molar-refractivity contribution in [3.05, 3.63) is 89.2 Å². The van der Waals surface area contributed by atoms with Crippen LogP contribution in [0.1, 0.15) is 23.6 Å². The number of thioether (sulfide) groups is 1. The van der Waals surface area contributed by atoms with Crippen LogP contribution in [-0.2, 0) is 6.54 Å². The van der Waals surface area contributed by atoms with Crippen LogP contribution in [0.5, 0.6) is 0 Å². The Balaban J connectivity index is 1.54. The zero-order chi connectivity index (χ0) is 19.8. The van der Waals surface area contributed by atoms with Gasteiger partial charge in [0, 0.05) is 11.6 Å². The third kappa shape index (κ3) is 3.63. The maximum Gasteiger partial charge on any atom is 0.257 e. The fourth-order valence-electron chi connectivity index (χ4n) is 3.47. The monoisotopic (exact) mass is 419 g/mol. The zero-order valence-corrected chi connectivity index (χ0v) is 17.3. The molecular weight excluding hydrogens is 402 g/mol. The number of halogens is 1. The van der Waals surface area contributed by atoms with Crippen LogP contribution in [0.4, 0.5) is 0 Å². The second-order valence-electron chi connectivity index (χ2n) is 6.88. The predicted octanol–water partition coefficient (Wildman–Crippen LogP) is 6.73. The smallest absolute Gasteiger partial charge is 0.257 e. The summed E-state index contributed by atoms with van der Waals surface area (Å²) in [7, 11) is 0. The predicted molar refractivity (Wildman–Crippen MR) is 119 cm³/mol. The number of nitrogens with zero attached hydrogens (tertiary/aromatic N) is 3. The zero-order valence-electron chi connectivity index (χ0n) is 15.7. The molecule has 144 valence electrons. The molecule has 3 aromatic carbocycles. The fourth-order valence-corrected chi connectivity index (χ4v) is 4.51. The van der Waals surface area contributed by atoms with Crippen LogP contribution < -0.4 is 0 Å². The van der Waals surface area contributed by atoms with Gasteiger partial charge in [-0.05, 0) is 42.8 Å². The molecule has 29 heavy (non-hydrogen) atoms. The number of oxazole rings is 1. The van der Waals surface area contributed by atoms with Gasteiger partial charge in [0.05, 0.1) is 16.3 Å². The first-order valence-electron chi connectivity index (χ1n) is 9.39. The van der Waals surface area contributed by atoms with E-state index in [1.807, 2.05) is 48.5 Å². The number of benzene rings is 3. The van der Waals surface area contributed by atoms with E-state index >= 15 is 0 Å². The van der Waals surface area contributed by atoms with Crippen molar-refractivity contribution in [3.8, 4) is 0 Å². The van der Waals surface area contributed by atoms with E-state index in [4.69, 9.17) is 21.0 Å². The minimum Gasteiger partial charge on any atom is -0.431 e. The van der Waals surface area contributed by atoms with E-state index < -0.39 is 0 Å². The molecule has 5 aromatic rings. The molecule has 2 heterocycles. The van der Waals surface area contributed by atoms with Crippen molar-refractivity contribution < 1.29 is 4.42 Å². The Morgan fingerprint density at radius 1 is 0.966 bits per heavy atom. The average Bonchev–Trinajstić information content (AvgIpc) is 3.29. The Labute approximate surface area is 177 Å². The number of imidazole rings is 1. The maximum absolute atomic E-state index is 6.22. The first-order valence-corrected chi connectivity index (χ1v) is 10.6. The molecule has 0 aliphatic rings. The molecule has 0 saturated heterocycles. The maximum atomic E-state index is 6.22. The number of hydrogen-bond donors (Lipinski definition) is 0. The molecule has 2 aromatic heterocycles. The van der Waals surface area contributed by atoms with Crippen molar-refractivity contribution in [2.45, 2.75) is 23.9 Å². The summed E-state index contributed by atoms with van der Waals surface area (Å²) in [4.78, 5) is 9.51. The van der Waals surface area contributed by atoms with Crippen molar-refractivity contribution in [1.82, 2.24) is 14.5 Å². The quantitative estimate of drug-likeness (QED) is 0.296. The number of rotatable bonds is 5. The molecule has 5 rings (SSSR count). The number of hydrogen-bond acceptors (Lipinski definition) is 4. The Kier molecular flexibility index (Phi) is 4.78. The molecular formula is C23H18ClN3OS. The summed E-state index contributed by atoms with van der Waals surface area (Å²) in [6, 6.07) is 24.1. The molecule has 0 saturated carbocycles. The van der Waals surface area contributed by atoms with Gasteiger partial charge in [0.15, 0.2) is 5.58 Å². The van der Waals surface area contributed by atoms with E-state index in [0.29, 0.717) is 10.2 Å². The standard InChI is InChI=1S/C23H18ClN3OS/c1-15(29-23-26-18-9-5-6-10-21(18)28-23)22-25-19-13-17(24)11-12-20(19)27(22)14-16-7-3-2-4-8-16/h2-13,15H,14H2,1H3. The summed E-state index contributed by atoms with van der Waals surface area (Å²) in [6.07, 6.45) is 0. The Morgan fingerprint density at radius 3 is 2.59 bits per heavy atom. The first-order chi connectivity index (χ1) is 14.2. The van der Waals surface area contributed by atoms with Gasteiger partial charge in [0.25, 0.3) is 5.22 Å². The highest BCUT2D eigenvalue weighted by atomic mass is 35.5. The second kappa shape index (κ2) is 7.58. The number of aromatic nitrogens is 3. The molecule has 0 amide bonds. The highest BCUT2D eigenvalue weighted by Gasteiger charge is 2.20. The van der Waals surface area contributed by atoms with E-state index in [9.17, 15) is 0 Å². The topological polar surface area (TPSA) is 43.9 Å². The van der Waals surface area contributed by atoms with Crippen LogP contribution >= 0.6 is 23.4 Å². The SMILES string of the molecule is CC(Sc1nc2ccccc2o1)c1nc2cc(Cl)ccc2n1Cc1ccccc1. The molecule has 0 bridgehead atoms.